The van der Waals surface area contributed by atoms with Crippen molar-refractivity contribution in [2.45, 2.75) is 25.3 Å². The number of ether oxygens (including phenoxy) is 4. The van der Waals surface area contributed by atoms with Gasteiger partial charge in [0.25, 0.3) is 0 Å². The van der Waals surface area contributed by atoms with Crippen molar-refractivity contribution in [3.05, 3.63) is 48.0 Å². The van der Waals surface area contributed by atoms with Crippen molar-refractivity contribution in [1.29, 1.82) is 0 Å². The van der Waals surface area contributed by atoms with Crippen LogP contribution in [0.1, 0.15) is 30.9 Å². The minimum Gasteiger partial charge on any atom is -0.497 e. The summed E-state index contributed by atoms with van der Waals surface area (Å²) in [7, 11) is 6.36. The van der Waals surface area contributed by atoms with Crippen molar-refractivity contribution in [2.75, 3.05) is 46.5 Å². The molecule has 3 rings (SSSR count). The highest BCUT2D eigenvalue weighted by molar-refractivity contribution is 5.97. The fourth-order valence-electron chi connectivity index (χ4n) is 4.19. The summed E-state index contributed by atoms with van der Waals surface area (Å²) in [5.74, 6) is 1.27. The zero-order valence-corrected chi connectivity index (χ0v) is 19.6. The minimum atomic E-state index is -0.498. The Labute approximate surface area is 194 Å². The summed E-state index contributed by atoms with van der Waals surface area (Å²) in [5, 5.41) is 3.01. The lowest BCUT2D eigenvalue weighted by Crippen LogP contribution is -2.48. The Kier molecular flexibility index (Phi) is 8.54. The van der Waals surface area contributed by atoms with Gasteiger partial charge in [0.2, 0.25) is 11.8 Å². The normalized spacial score (nSPS) is 18.1. The van der Waals surface area contributed by atoms with Crippen LogP contribution in [0.25, 0.3) is 0 Å². The molecule has 1 aliphatic rings. The highest BCUT2D eigenvalue weighted by atomic mass is 16.5. The monoisotopic (exact) mass is 456 g/mol. The van der Waals surface area contributed by atoms with E-state index >= 15 is 0 Å². The molecule has 178 valence electrons. The van der Waals surface area contributed by atoms with E-state index in [1.807, 2.05) is 36.4 Å². The van der Waals surface area contributed by atoms with Crippen LogP contribution in [0.4, 0.5) is 5.69 Å². The van der Waals surface area contributed by atoms with Gasteiger partial charge in [-0.05, 0) is 54.8 Å². The molecule has 0 aromatic heterocycles. The third kappa shape index (κ3) is 5.57. The molecule has 2 atom stereocenters. The van der Waals surface area contributed by atoms with Gasteiger partial charge in [-0.15, -0.1) is 0 Å². The van der Waals surface area contributed by atoms with Crippen molar-refractivity contribution in [1.82, 2.24) is 5.32 Å². The maximum atomic E-state index is 13.2. The number of hydrogen-bond donors (Lipinski definition) is 1. The molecule has 0 spiro atoms. The van der Waals surface area contributed by atoms with Crippen LogP contribution < -0.4 is 24.4 Å². The molecule has 1 fully saturated rings. The van der Waals surface area contributed by atoms with E-state index in [9.17, 15) is 9.59 Å². The molecule has 1 saturated heterocycles. The maximum Gasteiger partial charge on any atom is 0.227 e. The molecule has 1 aliphatic heterocycles. The summed E-state index contributed by atoms with van der Waals surface area (Å²) in [6, 6.07) is 12.3. The van der Waals surface area contributed by atoms with Crippen LogP contribution in [-0.2, 0) is 14.3 Å². The second-order valence-corrected chi connectivity index (χ2v) is 7.80. The highest BCUT2D eigenvalue weighted by Crippen LogP contribution is 2.42. The Balaban J connectivity index is 2.01. The first kappa shape index (κ1) is 24.4. The van der Waals surface area contributed by atoms with E-state index in [2.05, 4.69) is 5.32 Å². The number of carbonyl (C=O) groups excluding carboxylic acids is 2. The van der Waals surface area contributed by atoms with Gasteiger partial charge < -0.3 is 29.2 Å². The molecule has 0 unspecified atom stereocenters. The van der Waals surface area contributed by atoms with E-state index in [0.717, 1.165) is 12.0 Å². The van der Waals surface area contributed by atoms with Crippen molar-refractivity contribution in [2.24, 2.45) is 5.92 Å². The van der Waals surface area contributed by atoms with E-state index < -0.39 is 12.0 Å². The summed E-state index contributed by atoms with van der Waals surface area (Å²) in [6.07, 6.45) is 1.46. The van der Waals surface area contributed by atoms with Crippen molar-refractivity contribution in [3.63, 3.8) is 0 Å². The van der Waals surface area contributed by atoms with Crippen LogP contribution >= 0.6 is 0 Å². The van der Waals surface area contributed by atoms with E-state index in [-0.39, 0.29) is 18.2 Å². The lowest BCUT2D eigenvalue weighted by Gasteiger charge is -2.41. The van der Waals surface area contributed by atoms with Crippen LogP contribution in [0.15, 0.2) is 42.5 Å². The highest BCUT2D eigenvalue weighted by Gasteiger charge is 2.41. The zero-order chi connectivity index (χ0) is 23.8. The Bertz CT molecular complexity index is 946. The molecule has 2 aromatic carbocycles. The number of nitrogens with zero attached hydrogens (tertiary/aromatic N) is 1. The smallest absolute Gasteiger partial charge is 0.227 e. The van der Waals surface area contributed by atoms with Gasteiger partial charge in [0, 0.05) is 32.4 Å². The summed E-state index contributed by atoms with van der Waals surface area (Å²) in [4.78, 5) is 28.1. The fraction of sp³-hybridized carbons (Fsp3) is 0.440. The molecule has 8 nitrogen and oxygen atoms in total. The quantitative estimate of drug-likeness (QED) is 0.552. The predicted molar refractivity (Wildman–Crippen MR) is 125 cm³/mol. The SMILES string of the molecule is COCCCNC(=O)[C@@H]1CCC(=O)N(c2ccc(OC)cc2)[C@@H]1c1ccc(OC)c(OC)c1. The van der Waals surface area contributed by atoms with Gasteiger partial charge in [-0.2, -0.15) is 0 Å². The molecule has 2 amide bonds. The number of amides is 2. The number of anilines is 1. The first-order valence-corrected chi connectivity index (χ1v) is 11.0. The number of piperidine rings is 1. The molecule has 0 radical (unpaired) electrons. The van der Waals surface area contributed by atoms with Crippen molar-refractivity contribution in [3.8, 4) is 17.2 Å². The largest absolute Gasteiger partial charge is 0.497 e. The second-order valence-electron chi connectivity index (χ2n) is 7.80. The number of methoxy groups -OCH3 is 4. The number of rotatable bonds is 10. The summed E-state index contributed by atoms with van der Waals surface area (Å²) in [6.45, 7) is 1.08. The van der Waals surface area contributed by atoms with Crippen LogP contribution in [-0.4, -0.2) is 53.4 Å². The molecule has 0 saturated carbocycles. The summed E-state index contributed by atoms with van der Waals surface area (Å²) >= 11 is 0. The van der Waals surface area contributed by atoms with Gasteiger partial charge in [-0.3, -0.25) is 9.59 Å². The first-order chi connectivity index (χ1) is 16.0. The Morgan fingerprint density at radius 1 is 1.00 bits per heavy atom. The lowest BCUT2D eigenvalue weighted by molar-refractivity contribution is -0.129. The second kappa shape index (κ2) is 11.6. The average molecular weight is 457 g/mol. The van der Waals surface area contributed by atoms with Crippen molar-refractivity contribution < 1.29 is 28.5 Å². The van der Waals surface area contributed by atoms with E-state index in [4.69, 9.17) is 18.9 Å². The van der Waals surface area contributed by atoms with Gasteiger partial charge >= 0.3 is 0 Å². The zero-order valence-electron chi connectivity index (χ0n) is 19.6. The molecule has 0 aliphatic carbocycles. The first-order valence-electron chi connectivity index (χ1n) is 11.0. The molecule has 0 bridgehead atoms. The standard InChI is InChI=1S/C25H32N2O6/c1-30-15-5-14-26-25(29)20-11-13-23(28)27(18-7-9-19(31-2)10-8-18)24(20)17-6-12-21(32-3)22(16-17)33-4/h6-10,12,16,20,24H,5,11,13-15H2,1-4H3,(H,26,29)/t20-,24-/m1/s1. The van der Waals surface area contributed by atoms with Gasteiger partial charge in [-0.25, -0.2) is 0 Å². The van der Waals surface area contributed by atoms with E-state index in [0.29, 0.717) is 42.5 Å². The summed E-state index contributed by atoms with van der Waals surface area (Å²) in [5.41, 5.74) is 1.51. The number of nitrogens with one attached hydrogen (secondary N) is 1. The van der Waals surface area contributed by atoms with Crippen LogP contribution in [0.2, 0.25) is 0 Å². The maximum absolute atomic E-state index is 13.2. The lowest BCUT2D eigenvalue weighted by atomic mass is 9.83. The van der Waals surface area contributed by atoms with Gasteiger partial charge in [0.15, 0.2) is 11.5 Å². The van der Waals surface area contributed by atoms with E-state index in [1.54, 1.807) is 39.4 Å². The van der Waals surface area contributed by atoms with Crippen LogP contribution in [0.3, 0.4) is 0 Å². The third-order valence-corrected chi connectivity index (χ3v) is 5.86. The summed E-state index contributed by atoms with van der Waals surface area (Å²) < 4.78 is 21.2. The molecule has 2 aromatic rings. The molecule has 1 N–H and O–H groups in total. The van der Waals surface area contributed by atoms with Crippen LogP contribution in [0.5, 0.6) is 17.2 Å². The molecular weight excluding hydrogens is 424 g/mol. The molecule has 33 heavy (non-hydrogen) atoms. The number of carbonyl (C=O) groups is 2. The molecule has 8 heteroatoms. The molecule has 1 heterocycles. The number of benzene rings is 2. The van der Waals surface area contributed by atoms with E-state index in [1.165, 1.54) is 0 Å². The average Bonchev–Trinajstić information content (AvgIpc) is 2.85. The fourth-order valence-corrected chi connectivity index (χ4v) is 4.19. The third-order valence-electron chi connectivity index (χ3n) is 5.86. The van der Waals surface area contributed by atoms with Crippen LogP contribution in [0, 0.1) is 5.92 Å². The molecular formula is C25H32N2O6. The van der Waals surface area contributed by atoms with Crippen molar-refractivity contribution >= 4 is 17.5 Å². The van der Waals surface area contributed by atoms with Gasteiger partial charge in [0.1, 0.15) is 5.75 Å². The number of hydrogen-bond acceptors (Lipinski definition) is 6. The predicted octanol–water partition coefficient (Wildman–Crippen LogP) is 3.35. The Hall–Kier alpha value is -3.26. The Morgan fingerprint density at radius 3 is 2.36 bits per heavy atom. The topological polar surface area (TPSA) is 86.3 Å². The Morgan fingerprint density at radius 2 is 1.73 bits per heavy atom. The minimum absolute atomic E-state index is 0.0385. The van der Waals surface area contributed by atoms with Gasteiger partial charge in [-0.1, -0.05) is 6.07 Å². The van der Waals surface area contributed by atoms with Gasteiger partial charge in [0.05, 0.1) is 33.3 Å².